The first-order valence-electron chi connectivity index (χ1n) is 10.7. The minimum atomic E-state index is -1.51. The van der Waals surface area contributed by atoms with Gasteiger partial charge in [0.15, 0.2) is 0 Å². The van der Waals surface area contributed by atoms with E-state index in [-0.39, 0.29) is 24.5 Å². The Balaban J connectivity index is 3.12. The van der Waals surface area contributed by atoms with Gasteiger partial charge in [0.05, 0.1) is 12.5 Å². The Kier molecular flexibility index (Phi) is 12.1. The summed E-state index contributed by atoms with van der Waals surface area (Å²) in [4.78, 5) is 60.8. The molecule has 0 saturated carbocycles. The van der Waals surface area contributed by atoms with Crippen LogP contribution in [0.3, 0.4) is 0 Å². The van der Waals surface area contributed by atoms with Gasteiger partial charge < -0.3 is 31.9 Å². The number of hydrogen-bond acceptors (Lipinski definition) is 7. The number of amides is 3. The minimum Gasteiger partial charge on any atom is -0.481 e. The van der Waals surface area contributed by atoms with E-state index in [1.165, 1.54) is 0 Å². The summed E-state index contributed by atoms with van der Waals surface area (Å²) in [6, 6.07) is 3.70. The molecule has 1 aromatic carbocycles. The molecule has 0 bridgehead atoms. The molecule has 12 heteroatoms. The third kappa shape index (κ3) is 10.2. The molecule has 0 aromatic heterocycles. The average Bonchev–Trinajstić information content (AvgIpc) is 2.76. The summed E-state index contributed by atoms with van der Waals surface area (Å²) in [5.41, 5.74) is 6.26. The van der Waals surface area contributed by atoms with Gasteiger partial charge in [-0.15, -0.1) is 0 Å². The first-order valence-corrected chi connectivity index (χ1v) is 11.3. The lowest BCUT2D eigenvalue weighted by molar-refractivity contribution is -0.143. The number of thiol groups is 1. The van der Waals surface area contributed by atoms with Crippen LogP contribution in [0.15, 0.2) is 30.3 Å². The fourth-order valence-electron chi connectivity index (χ4n) is 3.04. The summed E-state index contributed by atoms with van der Waals surface area (Å²) in [6.07, 6.45) is -0.565. The maximum Gasteiger partial charge on any atom is 0.326 e. The molecule has 0 radical (unpaired) electrons. The van der Waals surface area contributed by atoms with Crippen LogP contribution in [0.25, 0.3) is 0 Å². The zero-order chi connectivity index (χ0) is 25.8. The van der Waals surface area contributed by atoms with Gasteiger partial charge >= 0.3 is 11.9 Å². The quantitative estimate of drug-likeness (QED) is 0.169. The van der Waals surface area contributed by atoms with Gasteiger partial charge in [-0.1, -0.05) is 44.2 Å². The lowest BCUT2D eigenvalue weighted by Gasteiger charge is -2.25. The molecular formula is C22H32N4O7S. The van der Waals surface area contributed by atoms with Crippen molar-refractivity contribution in [2.45, 2.75) is 57.3 Å². The molecule has 0 aliphatic heterocycles. The van der Waals surface area contributed by atoms with Crippen LogP contribution in [0.4, 0.5) is 0 Å². The van der Waals surface area contributed by atoms with E-state index in [1.807, 2.05) is 0 Å². The normalized spacial score (nSPS) is 14.4. The van der Waals surface area contributed by atoms with Crippen LogP contribution in [0, 0.1) is 5.92 Å². The first-order chi connectivity index (χ1) is 15.9. The van der Waals surface area contributed by atoms with Crippen molar-refractivity contribution in [2.24, 2.45) is 11.7 Å². The molecule has 0 fully saturated rings. The molecule has 0 spiro atoms. The van der Waals surface area contributed by atoms with Crippen molar-refractivity contribution in [2.75, 3.05) is 5.75 Å². The largest absolute Gasteiger partial charge is 0.481 e. The zero-order valence-electron chi connectivity index (χ0n) is 19.1. The van der Waals surface area contributed by atoms with Crippen molar-refractivity contribution in [3.8, 4) is 0 Å². The number of hydrogen-bond donors (Lipinski definition) is 7. The second-order valence-corrected chi connectivity index (χ2v) is 8.59. The molecule has 1 rings (SSSR count). The fourth-order valence-corrected chi connectivity index (χ4v) is 3.21. The summed E-state index contributed by atoms with van der Waals surface area (Å²) in [6.45, 7) is 3.61. The van der Waals surface area contributed by atoms with E-state index in [2.05, 4.69) is 28.6 Å². The van der Waals surface area contributed by atoms with Crippen molar-refractivity contribution in [3.05, 3.63) is 35.9 Å². The maximum atomic E-state index is 13.0. The third-order valence-corrected chi connectivity index (χ3v) is 5.18. The van der Waals surface area contributed by atoms with Gasteiger partial charge in [-0.05, 0) is 17.9 Å². The van der Waals surface area contributed by atoms with E-state index in [4.69, 9.17) is 10.8 Å². The third-order valence-electron chi connectivity index (χ3n) is 4.78. The number of rotatable bonds is 14. The summed E-state index contributed by atoms with van der Waals surface area (Å²) in [5, 5.41) is 25.8. The zero-order valence-corrected chi connectivity index (χ0v) is 20.0. The van der Waals surface area contributed by atoms with E-state index < -0.39 is 60.2 Å². The highest BCUT2D eigenvalue weighted by molar-refractivity contribution is 7.80. The number of carbonyl (C=O) groups is 5. The summed E-state index contributed by atoms with van der Waals surface area (Å²) < 4.78 is 0. The Morgan fingerprint density at radius 3 is 1.91 bits per heavy atom. The lowest BCUT2D eigenvalue weighted by Crippen LogP contribution is -2.58. The minimum absolute atomic E-state index is 0.0102. The van der Waals surface area contributed by atoms with Crippen LogP contribution in [0.2, 0.25) is 0 Å². The van der Waals surface area contributed by atoms with Crippen molar-refractivity contribution in [1.82, 2.24) is 16.0 Å². The maximum absolute atomic E-state index is 13.0. The topological polar surface area (TPSA) is 188 Å². The molecule has 34 heavy (non-hydrogen) atoms. The fraction of sp³-hybridized carbons (Fsp3) is 0.500. The van der Waals surface area contributed by atoms with Gasteiger partial charge in [-0.3, -0.25) is 19.2 Å². The smallest absolute Gasteiger partial charge is 0.326 e. The number of carboxylic acids is 2. The molecule has 0 saturated heterocycles. The van der Waals surface area contributed by atoms with Crippen LogP contribution in [-0.2, 0) is 30.4 Å². The SMILES string of the molecule is CC(C)C[C@H](NC(=O)[C@H](Cc1ccccc1)NC(=O)[C@H](CC(=O)O)NC(=O)[C@@H](N)CS)C(=O)O. The molecule has 0 heterocycles. The summed E-state index contributed by atoms with van der Waals surface area (Å²) in [5.74, 6) is -5.07. The van der Waals surface area contributed by atoms with Crippen LogP contribution in [0.1, 0.15) is 32.3 Å². The van der Waals surface area contributed by atoms with Gasteiger partial charge in [0.1, 0.15) is 18.1 Å². The van der Waals surface area contributed by atoms with Gasteiger partial charge in [0.2, 0.25) is 17.7 Å². The lowest BCUT2D eigenvalue weighted by atomic mass is 10.0. The second-order valence-electron chi connectivity index (χ2n) is 8.23. The van der Waals surface area contributed by atoms with Crippen LogP contribution in [0.5, 0.6) is 0 Å². The van der Waals surface area contributed by atoms with Crippen molar-refractivity contribution in [3.63, 3.8) is 0 Å². The van der Waals surface area contributed by atoms with E-state index >= 15 is 0 Å². The van der Waals surface area contributed by atoms with Gasteiger partial charge in [-0.25, -0.2) is 4.79 Å². The van der Waals surface area contributed by atoms with E-state index in [1.54, 1.807) is 44.2 Å². The van der Waals surface area contributed by atoms with Crippen LogP contribution in [-0.4, -0.2) is 69.8 Å². The number of benzene rings is 1. The molecule has 4 atom stereocenters. The summed E-state index contributed by atoms with van der Waals surface area (Å²) in [7, 11) is 0. The van der Waals surface area contributed by atoms with Gasteiger partial charge in [-0.2, -0.15) is 12.6 Å². The highest BCUT2D eigenvalue weighted by Gasteiger charge is 2.31. The van der Waals surface area contributed by atoms with Crippen molar-refractivity contribution < 1.29 is 34.2 Å². The summed E-state index contributed by atoms with van der Waals surface area (Å²) >= 11 is 3.90. The van der Waals surface area contributed by atoms with Gasteiger partial charge in [0.25, 0.3) is 0 Å². The van der Waals surface area contributed by atoms with E-state index in [0.29, 0.717) is 5.56 Å². The Morgan fingerprint density at radius 1 is 0.882 bits per heavy atom. The number of aliphatic carboxylic acids is 2. The second kappa shape index (κ2) is 14.2. The van der Waals surface area contributed by atoms with Gasteiger partial charge in [0, 0.05) is 12.2 Å². The molecule has 7 N–H and O–H groups in total. The molecule has 11 nitrogen and oxygen atoms in total. The molecule has 0 aliphatic carbocycles. The Morgan fingerprint density at radius 2 is 1.41 bits per heavy atom. The first kappa shape index (κ1) is 28.9. The number of nitrogens with two attached hydrogens (primary N) is 1. The highest BCUT2D eigenvalue weighted by Crippen LogP contribution is 2.08. The predicted octanol–water partition coefficient (Wildman–Crippen LogP) is -0.454. The molecule has 188 valence electrons. The predicted molar refractivity (Wildman–Crippen MR) is 127 cm³/mol. The Labute approximate surface area is 203 Å². The molecule has 0 unspecified atom stereocenters. The Hall–Kier alpha value is -3.12. The van der Waals surface area contributed by atoms with Crippen molar-refractivity contribution in [1.29, 1.82) is 0 Å². The average molecular weight is 497 g/mol. The standard InChI is InChI=1S/C22H32N4O7S/c1-12(2)8-17(22(32)33)26-20(30)15(9-13-6-4-3-5-7-13)25-21(31)16(10-18(27)28)24-19(29)14(23)11-34/h3-7,12,14-17,34H,8-11,23H2,1-2H3,(H,24,29)(H,25,31)(H,26,30)(H,27,28)(H,32,33)/t14-,15-,16-,17-/m0/s1. The molecule has 1 aromatic rings. The van der Waals surface area contributed by atoms with E-state index in [0.717, 1.165) is 0 Å². The van der Waals surface area contributed by atoms with Crippen LogP contribution < -0.4 is 21.7 Å². The van der Waals surface area contributed by atoms with E-state index in [9.17, 15) is 29.1 Å². The van der Waals surface area contributed by atoms with Crippen molar-refractivity contribution >= 4 is 42.3 Å². The monoisotopic (exact) mass is 496 g/mol. The number of carboxylic acid groups (broad SMARTS) is 2. The Bertz CT molecular complexity index is 866. The number of carbonyl (C=O) groups excluding carboxylic acids is 3. The number of nitrogens with one attached hydrogen (secondary N) is 3. The highest BCUT2D eigenvalue weighted by atomic mass is 32.1. The molecule has 3 amide bonds. The molecule has 0 aliphatic rings. The van der Waals surface area contributed by atoms with Crippen LogP contribution >= 0.6 is 12.6 Å². The molecular weight excluding hydrogens is 464 g/mol.